The summed E-state index contributed by atoms with van der Waals surface area (Å²) in [5.41, 5.74) is 0.984. The predicted molar refractivity (Wildman–Crippen MR) is 62.3 cm³/mol. The molecule has 1 heterocycles. The van der Waals surface area contributed by atoms with Crippen LogP contribution in [0.2, 0.25) is 0 Å². The van der Waals surface area contributed by atoms with Gasteiger partial charge in [0.2, 0.25) is 0 Å². The Morgan fingerprint density at radius 3 is 2.44 bits per heavy atom. The maximum Gasteiger partial charge on any atom is 0.490 e. The van der Waals surface area contributed by atoms with Crippen molar-refractivity contribution in [2.45, 2.75) is 19.3 Å². The summed E-state index contributed by atoms with van der Waals surface area (Å²) in [5, 5.41) is 18.5. The van der Waals surface area contributed by atoms with Gasteiger partial charge in [-0.05, 0) is 31.4 Å². The van der Waals surface area contributed by atoms with E-state index in [-0.39, 0.29) is 5.82 Å². The molecule has 16 heavy (non-hydrogen) atoms. The number of rotatable bonds is 2. The largest absolute Gasteiger partial charge is 0.490 e. The third kappa shape index (κ3) is 2.36. The minimum atomic E-state index is -1.54. The van der Waals surface area contributed by atoms with Gasteiger partial charge in [-0.2, -0.15) is 0 Å². The SMILES string of the molecule is OB(O)c1ccc(F)cc1N1CCCCC1. The van der Waals surface area contributed by atoms with E-state index < -0.39 is 7.12 Å². The van der Waals surface area contributed by atoms with Crippen LogP contribution in [-0.2, 0) is 0 Å². The van der Waals surface area contributed by atoms with Gasteiger partial charge in [-0.15, -0.1) is 0 Å². The molecule has 0 radical (unpaired) electrons. The Balaban J connectivity index is 2.32. The maximum absolute atomic E-state index is 13.2. The lowest BCUT2D eigenvalue weighted by Gasteiger charge is -2.30. The fourth-order valence-electron chi connectivity index (χ4n) is 2.14. The Kier molecular flexibility index (Phi) is 3.46. The van der Waals surface area contributed by atoms with Gasteiger partial charge in [-0.25, -0.2) is 4.39 Å². The summed E-state index contributed by atoms with van der Waals surface area (Å²) in [6, 6.07) is 4.06. The smallest absolute Gasteiger partial charge is 0.423 e. The molecule has 5 heteroatoms. The molecular formula is C11H15BFNO2. The summed E-state index contributed by atoms with van der Waals surface area (Å²) >= 11 is 0. The zero-order valence-corrected chi connectivity index (χ0v) is 9.06. The second-order valence-electron chi connectivity index (χ2n) is 4.12. The molecule has 1 aromatic carbocycles. The lowest BCUT2D eigenvalue weighted by molar-refractivity contribution is 0.425. The van der Waals surface area contributed by atoms with Crippen molar-refractivity contribution in [1.29, 1.82) is 0 Å². The van der Waals surface area contributed by atoms with Crippen LogP contribution in [0.5, 0.6) is 0 Å². The highest BCUT2D eigenvalue weighted by Crippen LogP contribution is 2.19. The van der Waals surface area contributed by atoms with Crippen LogP contribution in [0.1, 0.15) is 19.3 Å². The molecule has 2 rings (SSSR count). The van der Waals surface area contributed by atoms with E-state index in [2.05, 4.69) is 0 Å². The standard InChI is InChI=1S/C11H15BFNO2/c13-9-4-5-10(12(15)16)11(8-9)14-6-2-1-3-7-14/h4-5,8,15-16H,1-3,6-7H2. The van der Waals surface area contributed by atoms with E-state index in [0.717, 1.165) is 25.9 Å². The molecule has 86 valence electrons. The lowest BCUT2D eigenvalue weighted by atomic mass is 9.78. The van der Waals surface area contributed by atoms with Crippen molar-refractivity contribution in [3.8, 4) is 0 Å². The normalized spacial score (nSPS) is 16.3. The van der Waals surface area contributed by atoms with Gasteiger partial charge in [-0.1, -0.05) is 6.07 Å². The fourth-order valence-corrected chi connectivity index (χ4v) is 2.14. The van der Waals surface area contributed by atoms with Gasteiger partial charge in [0.15, 0.2) is 0 Å². The third-order valence-corrected chi connectivity index (χ3v) is 2.97. The van der Waals surface area contributed by atoms with Crippen LogP contribution in [0.15, 0.2) is 18.2 Å². The minimum absolute atomic E-state index is 0.343. The van der Waals surface area contributed by atoms with Gasteiger partial charge >= 0.3 is 7.12 Å². The van der Waals surface area contributed by atoms with Crippen LogP contribution < -0.4 is 10.4 Å². The Hall–Kier alpha value is -1.07. The number of piperidine rings is 1. The van der Waals surface area contributed by atoms with Gasteiger partial charge in [0, 0.05) is 24.2 Å². The monoisotopic (exact) mass is 223 g/mol. The first-order valence-electron chi connectivity index (χ1n) is 5.59. The topological polar surface area (TPSA) is 43.7 Å². The van der Waals surface area contributed by atoms with Crippen LogP contribution in [-0.4, -0.2) is 30.3 Å². The summed E-state index contributed by atoms with van der Waals surface area (Å²) in [7, 11) is -1.54. The molecule has 0 saturated carbocycles. The Labute approximate surface area is 94.7 Å². The van der Waals surface area contributed by atoms with E-state index >= 15 is 0 Å². The molecule has 0 bridgehead atoms. The van der Waals surface area contributed by atoms with E-state index in [1.54, 1.807) is 0 Å². The number of benzene rings is 1. The maximum atomic E-state index is 13.2. The van der Waals surface area contributed by atoms with Crippen LogP contribution in [0.4, 0.5) is 10.1 Å². The Morgan fingerprint density at radius 2 is 1.81 bits per heavy atom. The van der Waals surface area contributed by atoms with Crippen molar-refractivity contribution in [3.05, 3.63) is 24.0 Å². The van der Waals surface area contributed by atoms with Crippen LogP contribution in [0.25, 0.3) is 0 Å². The average Bonchev–Trinajstić information content (AvgIpc) is 2.29. The number of hydrogen-bond acceptors (Lipinski definition) is 3. The number of nitrogens with zero attached hydrogens (tertiary/aromatic N) is 1. The third-order valence-electron chi connectivity index (χ3n) is 2.97. The molecule has 1 saturated heterocycles. The van der Waals surface area contributed by atoms with E-state index in [1.807, 2.05) is 4.90 Å². The number of halogens is 1. The van der Waals surface area contributed by atoms with Gasteiger partial charge in [-0.3, -0.25) is 0 Å². The summed E-state index contributed by atoms with van der Waals surface area (Å²) < 4.78 is 13.2. The molecule has 1 aromatic rings. The average molecular weight is 223 g/mol. The summed E-state index contributed by atoms with van der Waals surface area (Å²) in [6.45, 7) is 1.70. The number of hydrogen-bond donors (Lipinski definition) is 2. The second-order valence-corrected chi connectivity index (χ2v) is 4.12. The molecule has 1 aliphatic heterocycles. The molecular weight excluding hydrogens is 208 g/mol. The molecule has 0 atom stereocenters. The summed E-state index contributed by atoms with van der Waals surface area (Å²) in [4.78, 5) is 2.02. The van der Waals surface area contributed by atoms with E-state index in [1.165, 1.54) is 24.6 Å². The van der Waals surface area contributed by atoms with Crippen LogP contribution in [0, 0.1) is 5.82 Å². The molecule has 0 aliphatic carbocycles. The lowest BCUT2D eigenvalue weighted by Crippen LogP contribution is -2.39. The van der Waals surface area contributed by atoms with Crippen molar-refractivity contribution < 1.29 is 14.4 Å². The first-order chi connectivity index (χ1) is 7.68. The second kappa shape index (κ2) is 4.85. The molecule has 2 N–H and O–H groups in total. The predicted octanol–water partition coefficient (Wildman–Crippen LogP) is 0.496. The quantitative estimate of drug-likeness (QED) is 0.717. The van der Waals surface area contributed by atoms with Crippen molar-refractivity contribution in [3.63, 3.8) is 0 Å². The molecule has 3 nitrogen and oxygen atoms in total. The first kappa shape index (κ1) is 11.4. The Morgan fingerprint density at radius 1 is 1.12 bits per heavy atom. The molecule has 0 spiro atoms. The summed E-state index contributed by atoms with van der Waals surface area (Å²) in [6.07, 6.45) is 3.32. The Bertz CT molecular complexity index is 367. The highest BCUT2D eigenvalue weighted by molar-refractivity contribution is 6.60. The highest BCUT2D eigenvalue weighted by atomic mass is 19.1. The van der Waals surface area contributed by atoms with Crippen molar-refractivity contribution in [2.24, 2.45) is 0 Å². The van der Waals surface area contributed by atoms with Gasteiger partial charge in [0.25, 0.3) is 0 Å². The van der Waals surface area contributed by atoms with Crippen molar-refractivity contribution in [1.82, 2.24) is 0 Å². The van der Waals surface area contributed by atoms with Gasteiger partial charge < -0.3 is 14.9 Å². The van der Waals surface area contributed by atoms with Crippen LogP contribution in [0.3, 0.4) is 0 Å². The minimum Gasteiger partial charge on any atom is -0.423 e. The zero-order valence-electron chi connectivity index (χ0n) is 9.06. The van der Waals surface area contributed by atoms with Gasteiger partial charge in [0.1, 0.15) is 5.82 Å². The zero-order chi connectivity index (χ0) is 11.5. The summed E-state index contributed by atoms with van der Waals surface area (Å²) in [5.74, 6) is -0.343. The number of anilines is 1. The van der Waals surface area contributed by atoms with Crippen LogP contribution >= 0.6 is 0 Å². The molecule has 0 unspecified atom stereocenters. The van der Waals surface area contributed by atoms with Gasteiger partial charge in [0.05, 0.1) is 0 Å². The highest BCUT2D eigenvalue weighted by Gasteiger charge is 2.21. The first-order valence-corrected chi connectivity index (χ1v) is 5.59. The van der Waals surface area contributed by atoms with E-state index in [0.29, 0.717) is 11.2 Å². The molecule has 0 amide bonds. The molecule has 1 fully saturated rings. The molecule has 0 aromatic heterocycles. The van der Waals surface area contributed by atoms with E-state index in [9.17, 15) is 14.4 Å². The van der Waals surface area contributed by atoms with Crippen molar-refractivity contribution >= 4 is 18.3 Å². The van der Waals surface area contributed by atoms with Crippen molar-refractivity contribution in [2.75, 3.05) is 18.0 Å². The fraction of sp³-hybridized carbons (Fsp3) is 0.455. The van der Waals surface area contributed by atoms with E-state index in [4.69, 9.17) is 0 Å². The molecule has 1 aliphatic rings.